The molecule has 0 saturated carbocycles. The molecule has 1 aromatic rings. The van der Waals surface area contributed by atoms with Crippen LogP contribution >= 0.6 is 0 Å². The van der Waals surface area contributed by atoms with Crippen LogP contribution in [0, 0.1) is 0 Å². The van der Waals surface area contributed by atoms with E-state index in [0.29, 0.717) is 6.04 Å². The van der Waals surface area contributed by atoms with Crippen molar-refractivity contribution in [2.45, 2.75) is 39.3 Å². The topological polar surface area (TPSA) is 54.7 Å². The average Bonchev–Trinajstić information content (AvgIpc) is 2.95. The van der Waals surface area contributed by atoms with Gasteiger partial charge in [-0.2, -0.15) is 0 Å². The van der Waals surface area contributed by atoms with Crippen LogP contribution in [0.25, 0.3) is 0 Å². The van der Waals surface area contributed by atoms with Gasteiger partial charge >= 0.3 is 5.97 Å². The minimum atomic E-state index is -0.444. The smallest absolute Gasteiger partial charge is 0.373 e. The normalized spacial score (nSPS) is 14.3. The van der Waals surface area contributed by atoms with Crippen molar-refractivity contribution in [3.63, 3.8) is 0 Å². The lowest BCUT2D eigenvalue weighted by Gasteiger charge is -2.24. The monoisotopic (exact) mass is 282 g/mol. The molecule has 5 nitrogen and oxygen atoms in total. The zero-order chi connectivity index (χ0) is 15.1. The second-order valence-corrected chi connectivity index (χ2v) is 5.11. The van der Waals surface area contributed by atoms with E-state index in [4.69, 9.17) is 4.42 Å². The van der Waals surface area contributed by atoms with Crippen LogP contribution in [-0.2, 0) is 4.74 Å². The second kappa shape index (κ2) is 8.07. The molecule has 0 aromatic carbocycles. The van der Waals surface area contributed by atoms with Gasteiger partial charge in [0.2, 0.25) is 5.76 Å². The van der Waals surface area contributed by atoms with E-state index in [9.17, 15) is 4.79 Å². The molecule has 1 heterocycles. The summed E-state index contributed by atoms with van der Waals surface area (Å²) in [5.74, 6) is 0.546. The molecule has 1 N–H and O–H groups in total. The molecule has 0 aliphatic carbocycles. The van der Waals surface area contributed by atoms with Crippen LogP contribution in [0.5, 0.6) is 0 Å². The second-order valence-electron chi connectivity index (χ2n) is 5.11. The number of ether oxygens (including phenoxy) is 1. The molecule has 0 fully saturated rings. The number of likely N-dealkylation sites (N-methyl/N-ethyl adjacent to an activating group) is 1. The van der Waals surface area contributed by atoms with E-state index < -0.39 is 5.97 Å². The molecule has 0 saturated heterocycles. The first-order valence-corrected chi connectivity index (χ1v) is 7.11. The molecule has 2 unspecified atom stereocenters. The molecule has 114 valence electrons. The molecule has 20 heavy (non-hydrogen) atoms. The highest BCUT2D eigenvalue weighted by atomic mass is 16.5. The quantitative estimate of drug-likeness (QED) is 0.742. The summed E-state index contributed by atoms with van der Waals surface area (Å²) in [5.41, 5.74) is 0. The summed E-state index contributed by atoms with van der Waals surface area (Å²) >= 11 is 0. The van der Waals surface area contributed by atoms with Crippen molar-refractivity contribution in [2.24, 2.45) is 0 Å². The van der Waals surface area contributed by atoms with Gasteiger partial charge in [0, 0.05) is 19.1 Å². The highest BCUT2D eigenvalue weighted by molar-refractivity contribution is 5.86. The van der Waals surface area contributed by atoms with E-state index in [1.807, 2.05) is 13.0 Å². The van der Waals surface area contributed by atoms with Crippen LogP contribution in [0.3, 0.4) is 0 Å². The van der Waals surface area contributed by atoms with Gasteiger partial charge < -0.3 is 19.4 Å². The number of nitrogens with one attached hydrogen (secondary N) is 1. The number of rotatable bonds is 8. The summed E-state index contributed by atoms with van der Waals surface area (Å²) in [7, 11) is 3.47. The number of esters is 1. The predicted octanol–water partition coefficient (Wildman–Crippen LogP) is 2.45. The van der Waals surface area contributed by atoms with Crippen molar-refractivity contribution in [1.29, 1.82) is 0 Å². The van der Waals surface area contributed by atoms with E-state index in [2.05, 4.69) is 35.8 Å². The summed E-state index contributed by atoms with van der Waals surface area (Å²) in [5, 5.41) is 3.39. The van der Waals surface area contributed by atoms with Crippen LogP contribution in [0.4, 0.5) is 0 Å². The molecule has 0 aliphatic rings. The van der Waals surface area contributed by atoms with Crippen LogP contribution in [0.15, 0.2) is 16.5 Å². The van der Waals surface area contributed by atoms with Gasteiger partial charge in [0.05, 0.1) is 13.2 Å². The highest BCUT2D eigenvalue weighted by Crippen LogP contribution is 2.16. The number of carbonyl (C=O) groups is 1. The van der Waals surface area contributed by atoms with Crippen LogP contribution in [0.2, 0.25) is 0 Å². The first kappa shape index (κ1) is 16.7. The lowest BCUT2D eigenvalue weighted by Crippen LogP contribution is -2.35. The molecule has 1 rings (SSSR count). The predicted molar refractivity (Wildman–Crippen MR) is 78.8 cm³/mol. The Morgan fingerprint density at radius 1 is 1.45 bits per heavy atom. The third-order valence-corrected chi connectivity index (χ3v) is 3.70. The van der Waals surface area contributed by atoms with E-state index >= 15 is 0 Å². The summed E-state index contributed by atoms with van der Waals surface area (Å²) in [6.07, 6.45) is 1.15. The Morgan fingerprint density at radius 2 is 2.15 bits per heavy atom. The Labute approximate surface area is 121 Å². The maximum atomic E-state index is 11.3. The number of hydrogen-bond donors (Lipinski definition) is 1. The molecule has 0 spiro atoms. The summed E-state index contributed by atoms with van der Waals surface area (Å²) in [6, 6.07) is 4.10. The van der Waals surface area contributed by atoms with E-state index in [-0.39, 0.29) is 11.8 Å². The lowest BCUT2D eigenvalue weighted by atomic mass is 10.2. The third kappa shape index (κ3) is 4.65. The van der Waals surface area contributed by atoms with E-state index in [1.165, 1.54) is 7.11 Å². The van der Waals surface area contributed by atoms with E-state index in [1.54, 1.807) is 6.07 Å². The fraction of sp³-hybridized carbons (Fsp3) is 0.667. The van der Waals surface area contributed by atoms with Crippen LogP contribution in [-0.4, -0.2) is 44.2 Å². The summed E-state index contributed by atoms with van der Waals surface area (Å²) < 4.78 is 10.1. The molecule has 5 heteroatoms. The van der Waals surface area contributed by atoms with E-state index in [0.717, 1.165) is 25.3 Å². The molecule has 0 aliphatic heterocycles. The lowest BCUT2D eigenvalue weighted by molar-refractivity contribution is 0.0562. The van der Waals surface area contributed by atoms with Crippen molar-refractivity contribution in [1.82, 2.24) is 10.2 Å². The minimum absolute atomic E-state index is 0.0683. The van der Waals surface area contributed by atoms with Gasteiger partial charge in [-0.15, -0.1) is 0 Å². The first-order valence-electron chi connectivity index (χ1n) is 7.11. The number of furan rings is 1. The van der Waals surface area contributed by atoms with Gasteiger partial charge in [0.15, 0.2) is 0 Å². The molecule has 1 aromatic heterocycles. The molecular weight excluding hydrogens is 256 g/mol. The zero-order valence-electron chi connectivity index (χ0n) is 13.1. The van der Waals surface area contributed by atoms with Gasteiger partial charge in [0.1, 0.15) is 5.76 Å². The standard InChI is InChI=1S/C15H26N2O3/c1-6-11(2)17(4)10-9-16-12(3)13-7-8-14(20-13)15(18)19-5/h7-8,11-12,16H,6,9-10H2,1-5H3. The maximum Gasteiger partial charge on any atom is 0.373 e. The number of carbonyl (C=O) groups excluding carboxylic acids is 1. The summed E-state index contributed by atoms with van der Waals surface area (Å²) in [4.78, 5) is 13.6. The number of methoxy groups -OCH3 is 1. The van der Waals surface area contributed by atoms with Gasteiger partial charge in [-0.05, 0) is 39.4 Å². The van der Waals surface area contributed by atoms with Crippen molar-refractivity contribution in [3.05, 3.63) is 23.7 Å². The van der Waals surface area contributed by atoms with Crippen molar-refractivity contribution in [3.8, 4) is 0 Å². The SMILES string of the molecule is CCC(C)N(C)CCNC(C)c1ccc(C(=O)OC)o1. The fourth-order valence-corrected chi connectivity index (χ4v) is 1.89. The molecule has 0 bridgehead atoms. The van der Waals surface area contributed by atoms with Gasteiger partial charge in [0.25, 0.3) is 0 Å². The van der Waals surface area contributed by atoms with Gasteiger partial charge in [-0.1, -0.05) is 6.92 Å². The van der Waals surface area contributed by atoms with Crippen LogP contribution in [0.1, 0.15) is 49.5 Å². The fourth-order valence-electron chi connectivity index (χ4n) is 1.89. The zero-order valence-corrected chi connectivity index (χ0v) is 13.1. The number of hydrogen-bond acceptors (Lipinski definition) is 5. The Kier molecular flexibility index (Phi) is 6.75. The van der Waals surface area contributed by atoms with Crippen molar-refractivity contribution < 1.29 is 13.9 Å². The Morgan fingerprint density at radius 3 is 2.75 bits per heavy atom. The molecule has 2 atom stereocenters. The number of nitrogens with zero attached hydrogens (tertiary/aromatic N) is 1. The Balaban J connectivity index is 2.41. The summed E-state index contributed by atoms with van der Waals surface area (Å²) in [6.45, 7) is 8.27. The van der Waals surface area contributed by atoms with Crippen molar-refractivity contribution in [2.75, 3.05) is 27.2 Å². The van der Waals surface area contributed by atoms with Crippen molar-refractivity contribution >= 4 is 5.97 Å². The molecule has 0 amide bonds. The molecular formula is C15H26N2O3. The van der Waals surface area contributed by atoms with Gasteiger partial charge in [-0.3, -0.25) is 0 Å². The maximum absolute atomic E-state index is 11.3. The third-order valence-electron chi connectivity index (χ3n) is 3.70. The average molecular weight is 282 g/mol. The first-order chi connectivity index (χ1) is 9.49. The highest BCUT2D eigenvalue weighted by Gasteiger charge is 2.15. The Bertz CT molecular complexity index is 417. The minimum Gasteiger partial charge on any atom is -0.463 e. The van der Waals surface area contributed by atoms with Crippen LogP contribution < -0.4 is 5.32 Å². The Hall–Kier alpha value is -1.33. The molecule has 0 radical (unpaired) electrons. The largest absolute Gasteiger partial charge is 0.463 e. The van der Waals surface area contributed by atoms with Gasteiger partial charge in [-0.25, -0.2) is 4.79 Å².